The molecule has 0 radical (unpaired) electrons. The summed E-state index contributed by atoms with van der Waals surface area (Å²) < 4.78 is 14.3. The highest BCUT2D eigenvalue weighted by atomic mass is 32.1. The molecule has 0 saturated carbocycles. The molecule has 0 spiro atoms. The van der Waals surface area contributed by atoms with Crippen molar-refractivity contribution in [2.24, 2.45) is 0 Å². The first-order chi connectivity index (χ1) is 26.3. The van der Waals surface area contributed by atoms with E-state index in [4.69, 9.17) is 4.42 Å². The molecule has 5 heteroatoms. The Bertz CT molecular complexity index is 3650. The van der Waals surface area contributed by atoms with Crippen LogP contribution >= 0.6 is 11.3 Å². The first-order valence-corrected chi connectivity index (χ1v) is 18.8. The van der Waals surface area contributed by atoms with Gasteiger partial charge < -0.3 is 18.1 Å². The molecule has 8 aromatic carbocycles. The minimum atomic E-state index is 0.875. The van der Waals surface area contributed by atoms with Crippen molar-refractivity contribution in [2.75, 3.05) is 4.90 Å². The van der Waals surface area contributed by atoms with Gasteiger partial charge in [0.1, 0.15) is 5.58 Å². The second-order valence-electron chi connectivity index (χ2n) is 14.1. The van der Waals surface area contributed by atoms with Crippen molar-refractivity contribution in [1.82, 2.24) is 8.80 Å². The number of furan rings is 1. The van der Waals surface area contributed by atoms with Crippen molar-refractivity contribution in [3.8, 4) is 0 Å². The Morgan fingerprint density at radius 2 is 1.02 bits per heavy atom. The molecule has 13 aromatic rings. The SMILES string of the molecule is c1ccc2c(c1)oc1c(N(c3ccc4c(c3)n3c5ccccc5c5ccc6c7ccccc7n4c6c53)c3cccc4sc5ccccc5c34)cccc12. The van der Waals surface area contributed by atoms with Gasteiger partial charge in [-0.2, -0.15) is 0 Å². The van der Waals surface area contributed by atoms with E-state index in [0.29, 0.717) is 0 Å². The maximum Gasteiger partial charge on any atom is 0.159 e. The summed E-state index contributed by atoms with van der Waals surface area (Å²) >= 11 is 1.85. The number of rotatable bonds is 3. The lowest BCUT2D eigenvalue weighted by Gasteiger charge is -2.27. The second-order valence-corrected chi connectivity index (χ2v) is 15.2. The molecule has 0 aliphatic carbocycles. The maximum atomic E-state index is 6.77. The zero-order chi connectivity index (χ0) is 34.4. The molecule has 0 aliphatic heterocycles. The van der Waals surface area contributed by atoms with Crippen molar-refractivity contribution >= 4 is 125 Å². The van der Waals surface area contributed by atoms with Crippen LogP contribution in [0.5, 0.6) is 0 Å². The van der Waals surface area contributed by atoms with Crippen LogP contribution in [0.3, 0.4) is 0 Å². The van der Waals surface area contributed by atoms with Gasteiger partial charge in [-0.15, -0.1) is 11.3 Å². The highest BCUT2D eigenvalue weighted by Gasteiger charge is 2.25. The third-order valence-electron chi connectivity index (χ3n) is 11.4. The first-order valence-electron chi connectivity index (χ1n) is 18.0. The highest BCUT2D eigenvalue weighted by molar-refractivity contribution is 7.26. The van der Waals surface area contributed by atoms with Gasteiger partial charge in [0.2, 0.25) is 0 Å². The minimum absolute atomic E-state index is 0.875. The Morgan fingerprint density at radius 3 is 1.81 bits per heavy atom. The lowest BCUT2D eigenvalue weighted by atomic mass is 10.1. The van der Waals surface area contributed by atoms with Crippen molar-refractivity contribution < 1.29 is 4.42 Å². The van der Waals surface area contributed by atoms with E-state index in [1.807, 2.05) is 17.4 Å². The minimum Gasteiger partial charge on any atom is -0.454 e. The van der Waals surface area contributed by atoms with Gasteiger partial charge in [-0.05, 0) is 60.7 Å². The van der Waals surface area contributed by atoms with Crippen LogP contribution in [0, 0.1) is 0 Å². The number of fused-ring (bicyclic) bond motifs is 15. The van der Waals surface area contributed by atoms with Gasteiger partial charge in [0, 0.05) is 58.2 Å². The number of thiophene rings is 1. The molecule has 5 heterocycles. The van der Waals surface area contributed by atoms with Crippen LogP contribution in [0.15, 0.2) is 168 Å². The first kappa shape index (κ1) is 27.8. The number of hydrogen-bond donors (Lipinski definition) is 0. The summed E-state index contributed by atoms with van der Waals surface area (Å²) in [5.74, 6) is 0. The molecular formula is C48H27N3OS. The number of para-hydroxylation sites is 4. The lowest BCUT2D eigenvalue weighted by Crippen LogP contribution is -2.11. The fourth-order valence-electron chi connectivity index (χ4n) is 9.28. The molecule has 0 amide bonds. The van der Waals surface area contributed by atoms with Crippen LogP contribution in [0.1, 0.15) is 0 Å². The molecule has 0 fully saturated rings. The number of benzene rings is 8. The van der Waals surface area contributed by atoms with Crippen molar-refractivity contribution in [3.63, 3.8) is 0 Å². The fourth-order valence-corrected chi connectivity index (χ4v) is 10.4. The Morgan fingerprint density at radius 1 is 0.415 bits per heavy atom. The van der Waals surface area contributed by atoms with Gasteiger partial charge in [0.15, 0.2) is 5.58 Å². The maximum absolute atomic E-state index is 6.77. The average molecular weight is 694 g/mol. The fraction of sp³-hybridized carbons (Fsp3) is 0. The monoisotopic (exact) mass is 693 g/mol. The summed E-state index contributed by atoms with van der Waals surface area (Å²) in [7, 11) is 0. The molecule has 0 N–H and O–H groups in total. The van der Waals surface area contributed by atoms with Gasteiger partial charge in [-0.3, -0.25) is 0 Å². The predicted octanol–water partition coefficient (Wildman–Crippen LogP) is 14.0. The molecule has 0 unspecified atom stereocenters. The van der Waals surface area contributed by atoms with E-state index in [1.165, 1.54) is 69.3 Å². The number of aromatic nitrogens is 2. The van der Waals surface area contributed by atoms with Crippen LogP contribution in [0.4, 0.5) is 17.1 Å². The number of nitrogens with zero attached hydrogens (tertiary/aromatic N) is 3. The van der Waals surface area contributed by atoms with Gasteiger partial charge in [-0.1, -0.05) is 103 Å². The van der Waals surface area contributed by atoms with Gasteiger partial charge in [-0.25, -0.2) is 0 Å². The van der Waals surface area contributed by atoms with E-state index in [1.54, 1.807) is 0 Å². The molecule has 4 nitrogen and oxygen atoms in total. The standard InChI is InChI=1S/C48H27N3OS/c1-5-16-36-29(11-1)32-24-25-33-30-12-2-6-17-37(30)51-41-27-28(23-26-38(41)50(36)46(32)47(33)51)49(39-18-10-22-44-45(39)35-14-4-8-21-43(35)53-44)40-19-9-15-34-31-13-3-7-20-42(31)52-48(34)40/h1-27H. The molecule has 53 heavy (non-hydrogen) atoms. The van der Waals surface area contributed by atoms with Crippen molar-refractivity contribution in [2.45, 2.75) is 0 Å². The Hall–Kier alpha value is -6.82. The quantitative estimate of drug-likeness (QED) is 0.172. The average Bonchev–Trinajstić information content (AvgIpc) is 3.96. The Balaban J connectivity index is 1.22. The molecule has 0 bridgehead atoms. The van der Waals surface area contributed by atoms with E-state index < -0.39 is 0 Å². The van der Waals surface area contributed by atoms with Gasteiger partial charge >= 0.3 is 0 Å². The third kappa shape index (κ3) is 3.50. The lowest BCUT2D eigenvalue weighted by molar-refractivity contribution is 0.669. The van der Waals surface area contributed by atoms with Crippen molar-refractivity contribution in [1.29, 1.82) is 0 Å². The number of anilines is 3. The zero-order valence-electron chi connectivity index (χ0n) is 28.2. The molecule has 246 valence electrons. The predicted molar refractivity (Wildman–Crippen MR) is 224 cm³/mol. The van der Waals surface area contributed by atoms with E-state index >= 15 is 0 Å². The van der Waals surface area contributed by atoms with E-state index in [-0.39, 0.29) is 0 Å². The van der Waals surface area contributed by atoms with E-state index in [0.717, 1.165) is 44.5 Å². The van der Waals surface area contributed by atoms with Crippen LogP contribution in [0.2, 0.25) is 0 Å². The Kier molecular flexibility index (Phi) is 5.22. The van der Waals surface area contributed by atoms with Crippen LogP contribution in [-0.4, -0.2) is 8.80 Å². The number of hydrogen-bond acceptors (Lipinski definition) is 3. The molecule has 5 aromatic heterocycles. The third-order valence-corrected chi connectivity index (χ3v) is 12.5. The van der Waals surface area contributed by atoms with Crippen LogP contribution < -0.4 is 4.90 Å². The summed E-state index contributed by atoms with van der Waals surface area (Å²) in [5.41, 5.74) is 12.2. The van der Waals surface area contributed by atoms with Gasteiger partial charge in [0.05, 0.1) is 44.5 Å². The Labute approximate surface area is 305 Å². The summed E-state index contributed by atoms with van der Waals surface area (Å²) in [6, 6.07) is 59.7. The molecule has 13 rings (SSSR count). The van der Waals surface area contributed by atoms with Gasteiger partial charge in [0.25, 0.3) is 0 Å². The molecule has 0 saturated heterocycles. The largest absolute Gasteiger partial charge is 0.454 e. The van der Waals surface area contributed by atoms with Crippen molar-refractivity contribution in [3.05, 3.63) is 164 Å². The van der Waals surface area contributed by atoms with E-state index in [2.05, 4.69) is 171 Å². The molecule has 0 aliphatic rings. The summed E-state index contributed by atoms with van der Waals surface area (Å²) in [4.78, 5) is 2.43. The summed E-state index contributed by atoms with van der Waals surface area (Å²) in [6.07, 6.45) is 0. The molecular weight excluding hydrogens is 667 g/mol. The zero-order valence-corrected chi connectivity index (χ0v) is 29.1. The smallest absolute Gasteiger partial charge is 0.159 e. The molecule has 0 atom stereocenters. The topological polar surface area (TPSA) is 25.2 Å². The normalized spacial score (nSPS) is 12.5. The van der Waals surface area contributed by atoms with E-state index in [9.17, 15) is 0 Å². The summed E-state index contributed by atoms with van der Waals surface area (Å²) in [5, 5.41) is 9.82. The summed E-state index contributed by atoms with van der Waals surface area (Å²) in [6.45, 7) is 0. The van der Waals surface area contributed by atoms with Crippen LogP contribution in [0.25, 0.3) is 96.8 Å². The highest BCUT2D eigenvalue weighted by Crippen LogP contribution is 2.49. The van der Waals surface area contributed by atoms with Crippen LogP contribution in [-0.2, 0) is 0 Å². The second kappa shape index (κ2) is 9.94.